The normalized spacial score (nSPS) is 25.6. The molecule has 1 saturated carbocycles. The molecule has 1 spiro atoms. The molecule has 1 aliphatic carbocycles. The Hall–Kier alpha value is -1.53. The van der Waals surface area contributed by atoms with Crippen LogP contribution in [0.1, 0.15) is 25.3 Å². The summed E-state index contributed by atoms with van der Waals surface area (Å²) in [5.41, 5.74) is 2.50. The maximum absolute atomic E-state index is 8.86. The van der Waals surface area contributed by atoms with Crippen LogP contribution in [0.25, 0.3) is 0 Å². The minimum absolute atomic E-state index is 0.512. The molecule has 1 N–H and O–H groups in total. The minimum atomic E-state index is 0.512. The molecule has 1 saturated heterocycles. The summed E-state index contributed by atoms with van der Waals surface area (Å²) in [7, 11) is 0. The van der Waals surface area contributed by atoms with Crippen molar-refractivity contribution in [3.63, 3.8) is 0 Å². The van der Waals surface area contributed by atoms with Gasteiger partial charge in [0.05, 0.1) is 11.6 Å². The van der Waals surface area contributed by atoms with Gasteiger partial charge in [-0.15, -0.1) is 0 Å². The summed E-state index contributed by atoms with van der Waals surface area (Å²) in [4.78, 5) is 2.49. The van der Waals surface area contributed by atoms with Crippen LogP contribution in [0, 0.1) is 16.7 Å². The Morgan fingerprint density at radius 1 is 1.33 bits per heavy atom. The molecule has 0 aromatic heterocycles. The quantitative estimate of drug-likeness (QED) is 0.818. The third-order valence-electron chi connectivity index (χ3n) is 4.26. The van der Waals surface area contributed by atoms with Crippen molar-refractivity contribution >= 4 is 5.69 Å². The molecule has 2 fully saturated rings. The summed E-state index contributed by atoms with van der Waals surface area (Å²) in [6.07, 6.45) is 2.69. The fourth-order valence-electron chi connectivity index (χ4n) is 2.81. The van der Waals surface area contributed by atoms with Crippen molar-refractivity contribution < 1.29 is 0 Å². The van der Waals surface area contributed by atoms with Crippen molar-refractivity contribution in [3.05, 3.63) is 29.8 Å². The second kappa shape index (κ2) is 4.29. The van der Waals surface area contributed by atoms with Crippen LogP contribution in [0.15, 0.2) is 24.3 Å². The van der Waals surface area contributed by atoms with Crippen LogP contribution in [-0.4, -0.2) is 25.7 Å². The lowest BCUT2D eigenvalue weighted by Crippen LogP contribution is -2.38. The van der Waals surface area contributed by atoms with Gasteiger partial charge in [0.2, 0.25) is 0 Å². The van der Waals surface area contributed by atoms with Crippen LogP contribution in [-0.2, 0) is 0 Å². The second-order valence-corrected chi connectivity index (χ2v) is 5.77. The van der Waals surface area contributed by atoms with Gasteiger partial charge in [0, 0.05) is 36.8 Å². The van der Waals surface area contributed by atoms with E-state index in [0.29, 0.717) is 11.5 Å². The minimum Gasteiger partial charge on any atom is -0.367 e. The predicted octanol–water partition coefficient (Wildman–Crippen LogP) is 2.14. The van der Waals surface area contributed by atoms with Crippen molar-refractivity contribution in [1.82, 2.24) is 5.32 Å². The molecule has 1 aromatic carbocycles. The zero-order valence-electron chi connectivity index (χ0n) is 10.8. The molecule has 1 heterocycles. The molecule has 0 radical (unpaired) electrons. The van der Waals surface area contributed by atoms with Crippen LogP contribution in [0.2, 0.25) is 0 Å². The van der Waals surface area contributed by atoms with Gasteiger partial charge in [-0.2, -0.15) is 5.26 Å². The summed E-state index contributed by atoms with van der Waals surface area (Å²) in [5, 5.41) is 12.4. The first-order chi connectivity index (χ1) is 8.72. The third kappa shape index (κ3) is 2.09. The zero-order chi connectivity index (χ0) is 12.6. The van der Waals surface area contributed by atoms with Gasteiger partial charge in [0.1, 0.15) is 0 Å². The lowest BCUT2D eigenvalue weighted by atomic mass is 10.1. The van der Waals surface area contributed by atoms with E-state index in [1.165, 1.54) is 18.5 Å². The first-order valence-electron chi connectivity index (χ1n) is 6.70. The molecule has 18 heavy (non-hydrogen) atoms. The van der Waals surface area contributed by atoms with Crippen LogP contribution in [0.5, 0.6) is 0 Å². The number of anilines is 1. The third-order valence-corrected chi connectivity index (χ3v) is 4.26. The van der Waals surface area contributed by atoms with Crippen LogP contribution in [0.4, 0.5) is 5.69 Å². The molecule has 3 nitrogen and oxygen atoms in total. The summed E-state index contributed by atoms with van der Waals surface area (Å²) in [6.45, 7) is 5.62. The molecule has 1 unspecified atom stereocenters. The van der Waals surface area contributed by atoms with Crippen LogP contribution in [0.3, 0.4) is 0 Å². The van der Waals surface area contributed by atoms with Gasteiger partial charge >= 0.3 is 0 Å². The number of nitriles is 1. The average Bonchev–Trinajstić information content (AvgIpc) is 3.18. The molecular weight excluding hydrogens is 222 g/mol. The summed E-state index contributed by atoms with van der Waals surface area (Å²) < 4.78 is 0. The maximum atomic E-state index is 8.86. The number of rotatable bonds is 1. The van der Waals surface area contributed by atoms with Crippen molar-refractivity contribution in [2.24, 2.45) is 5.41 Å². The Bertz CT molecular complexity index is 468. The van der Waals surface area contributed by atoms with E-state index in [9.17, 15) is 0 Å². The summed E-state index contributed by atoms with van der Waals surface area (Å²) >= 11 is 0. The predicted molar refractivity (Wildman–Crippen MR) is 72.5 cm³/mol. The topological polar surface area (TPSA) is 39.1 Å². The van der Waals surface area contributed by atoms with Crippen molar-refractivity contribution in [1.29, 1.82) is 5.26 Å². The molecule has 3 heteroatoms. The fourth-order valence-corrected chi connectivity index (χ4v) is 2.81. The van der Waals surface area contributed by atoms with Gasteiger partial charge in [0.15, 0.2) is 0 Å². The number of benzene rings is 1. The number of nitrogens with zero attached hydrogens (tertiary/aromatic N) is 2. The standard InChI is InChI=1S/C15H19N3/c1-12-9-17-10-15(6-7-15)11-18(12)14-4-2-13(8-16)3-5-14/h2-5,12,17H,6-7,9-11H2,1H3. The van der Waals surface area contributed by atoms with Gasteiger partial charge in [0.25, 0.3) is 0 Å². The van der Waals surface area contributed by atoms with E-state index in [0.717, 1.165) is 25.2 Å². The van der Waals surface area contributed by atoms with E-state index in [1.54, 1.807) is 0 Å². The number of hydrogen-bond donors (Lipinski definition) is 1. The Morgan fingerprint density at radius 2 is 2.06 bits per heavy atom. The largest absolute Gasteiger partial charge is 0.367 e. The molecule has 0 amide bonds. The highest BCUT2D eigenvalue weighted by Crippen LogP contribution is 2.47. The summed E-state index contributed by atoms with van der Waals surface area (Å²) in [5.74, 6) is 0. The van der Waals surface area contributed by atoms with E-state index >= 15 is 0 Å². The number of nitrogens with one attached hydrogen (secondary N) is 1. The van der Waals surface area contributed by atoms with Gasteiger partial charge < -0.3 is 10.2 Å². The Balaban J connectivity index is 1.85. The highest BCUT2D eigenvalue weighted by atomic mass is 15.2. The zero-order valence-corrected chi connectivity index (χ0v) is 10.8. The van der Waals surface area contributed by atoms with Crippen LogP contribution < -0.4 is 10.2 Å². The maximum Gasteiger partial charge on any atom is 0.0991 e. The molecule has 3 rings (SSSR count). The van der Waals surface area contributed by atoms with Gasteiger partial charge in [-0.25, -0.2) is 0 Å². The van der Waals surface area contributed by atoms with E-state index < -0.39 is 0 Å². The van der Waals surface area contributed by atoms with Gasteiger partial charge in [-0.1, -0.05) is 0 Å². The van der Waals surface area contributed by atoms with E-state index in [-0.39, 0.29) is 0 Å². The molecule has 1 aromatic rings. The first kappa shape index (κ1) is 11.6. The first-order valence-corrected chi connectivity index (χ1v) is 6.70. The Kier molecular flexibility index (Phi) is 2.76. The fraction of sp³-hybridized carbons (Fsp3) is 0.533. The van der Waals surface area contributed by atoms with E-state index in [1.807, 2.05) is 12.1 Å². The lowest BCUT2D eigenvalue weighted by molar-refractivity contribution is 0.500. The smallest absolute Gasteiger partial charge is 0.0991 e. The second-order valence-electron chi connectivity index (χ2n) is 5.77. The van der Waals surface area contributed by atoms with Crippen molar-refractivity contribution in [2.75, 3.05) is 24.5 Å². The monoisotopic (exact) mass is 241 g/mol. The molecular formula is C15H19N3. The molecule has 0 bridgehead atoms. The molecule has 1 aliphatic heterocycles. The lowest BCUT2D eigenvalue weighted by Gasteiger charge is -2.31. The van der Waals surface area contributed by atoms with Gasteiger partial charge in [-0.05, 0) is 44.0 Å². The molecule has 94 valence electrons. The van der Waals surface area contributed by atoms with E-state index in [2.05, 4.69) is 35.3 Å². The SMILES string of the molecule is CC1CNCC2(CC2)CN1c1ccc(C#N)cc1. The van der Waals surface area contributed by atoms with Gasteiger partial charge in [-0.3, -0.25) is 0 Å². The average molecular weight is 241 g/mol. The van der Waals surface area contributed by atoms with Crippen molar-refractivity contribution in [2.45, 2.75) is 25.8 Å². The highest BCUT2D eigenvalue weighted by Gasteiger charge is 2.45. The van der Waals surface area contributed by atoms with Crippen LogP contribution >= 0.6 is 0 Å². The molecule has 2 aliphatic rings. The highest BCUT2D eigenvalue weighted by molar-refractivity contribution is 5.51. The van der Waals surface area contributed by atoms with E-state index in [4.69, 9.17) is 5.26 Å². The Labute approximate surface area is 108 Å². The number of hydrogen-bond acceptors (Lipinski definition) is 3. The van der Waals surface area contributed by atoms with Crippen molar-refractivity contribution in [3.8, 4) is 6.07 Å². The summed E-state index contributed by atoms with van der Waals surface area (Å²) in [6, 6.07) is 10.7. The Morgan fingerprint density at radius 3 is 2.67 bits per heavy atom. The molecule has 1 atom stereocenters.